The highest BCUT2D eigenvalue weighted by atomic mass is 16.6. The zero-order valence-corrected chi connectivity index (χ0v) is 22.7. The highest BCUT2D eigenvalue weighted by Crippen LogP contribution is 2.54. The third kappa shape index (κ3) is 6.47. The number of fused-ring (bicyclic) bond motifs is 1. The van der Waals surface area contributed by atoms with Gasteiger partial charge in [-0.2, -0.15) is 0 Å². The molecular formula is C32H42N2O4. The summed E-state index contributed by atoms with van der Waals surface area (Å²) in [7, 11) is 0. The molecule has 1 saturated heterocycles. The summed E-state index contributed by atoms with van der Waals surface area (Å²) in [4.78, 5) is 27.6. The lowest BCUT2D eigenvalue weighted by atomic mass is 9.55. The molecule has 0 radical (unpaired) electrons. The Kier molecular flexibility index (Phi) is 9.26. The van der Waals surface area contributed by atoms with E-state index in [0.29, 0.717) is 25.8 Å². The van der Waals surface area contributed by atoms with Gasteiger partial charge in [0.1, 0.15) is 11.4 Å². The summed E-state index contributed by atoms with van der Waals surface area (Å²) in [6.45, 7) is 7.53. The second kappa shape index (κ2) is 12.6. The van der Waals surface area contributed by atoms with E-state index in [0.717, 1.165) is 57.2 Å². The van der Waals surface area contributed by atoms with Gasteiger partial charge in [-0.25, -0.2) is 0 Å². The molecule has 204 valence electrons. The number of aryl methyl sites for hydroxylation is 1. The number of aromatic hydroxyl groups is 1. The number of phenols is 1. The summed E-state index contributed by atoms with van der Waals surface area (Å²) in [6, 6.07) is 17.8. The Bertz CT molecular complexity index is 1100. The van der Waals surface area contributed by atoms with Crippen molar-refractivity contribution in [2.45, 2.75) is 81.8 Å². The van der Waals surface area contributed by atoms with Crippen LogP contribution in [0.4, 0.5) is 0 Å². The Hall–Kier alpha value is -3.12. The van der Waals surface area contributed by atoms with Crippen LogP contribution >= 0.6 is 0 Å². The van der Waals surface area contributed by atoms with Crippen LogP contribution in [0, 0.1) is 0 Å². The molecule has 2 fully saturated rings. The fourth-order valence-electron chi connectivity index (χ4n) is 6.69. The van der Waals surface area contributed by atoms with Crippen LogP contribution in [0.25, 0.3) is 0 Å². The minimum Gasteiger partial charge on any atom is -0.508 e. The Morgan fingerprint density at radius 2 is 1.95 bits per heavy atom. The fraction of sp³-hybridized carbons (Fsp3) is 0.500. The minimum atomic E-state index is -0.730. The van der Waals surface area contributed by atoms with Crippen LogP contribution in [0.15, 0.2) is 67.3 Å². The van der Waals surface area contributed by atoms with E-state index in [1.165, 1.54) is 12.5 Å². The highest BCUT2D eigenvalue weighted by molar-refractivity contribution is 5.76. The number of ether oxygens (including phenoxy) is 1. The van der Waals surface area contributed by atoms with Crippen molar-refractivity contribution < 1.29 is 19.4 Å². The Balaban J connectivity index is 1.44. The van der Waals surface area contributed by atoms with Gasteiger partial charge in [0.15, 0.2) is 0 Å². The van der Waals surface area contributed by atoms with Gasteiger partial charge in [0.2, 0.25) is 5.91 Å². The molecule has 6 nitrogen and oxygen atoms in total. The molecule has 1 aliphatic heterocycles. The molecule has 1 heterocycles. The zero-order chi connectivity index (χ0) is 27.0. The summed E-state index contributed by atoms with van der Waals surface area (Å²) in [6.07, 6.45) is 9.25. The van der Waals surface area contributed by atoms with E-state index in [9.17, 15) is 14.7 Å². The quantitative estimate of drug-likeness (QED) is 0.240. The summed E-state index contributed by atoms with van der Waals surface area (Å²) >= 11 is 0. The van der Waals surface area contributed by atoms with Gasteiger partial charge in [-0.15, -0.1) is 6.58 Å². The number of hydrogen-bond donors (Lipinski definition) is 2. The normalized spacial score (nSPS) is 25.2. The first-order valence-corrected chi connectivity index (χ1v) is 14.0. The van der Waals surface area contributed by atoms with Gasteiger partial charge in [0.05, 0.1) is 0 Å². The lowest BCUT2D eigenvalue weighted by Gasteiger charge is -2.59. The molecule has 4 rings (SSSR count). The average Bonchev–Trinajstić information content (AvgIpc) is 2.89. The second-order valence-electron chi connectivity index (χ2n) is 11.0. The maximum Gasteiger partial charge on any atom is 0.303 e. The van der Waals surface area contributed by atoms with Crippen molar-refractivity contribution >= 4 is 11.9 Å². The highest BCUT2D eigenvalue weighted by Gasteiger charge is 2.60. The van der Waals surface area contributed by atoms with Crippen LogP contribution in [0.3, 0.4) is 0 Å². The molecule has 1 saturated carbocycles. The first-order chi connectivity index (χ1) is 18.4. The maximum atomic E-state index is 12.9. The molecule has 38 heavy (non-hydrogen) atoms. The number of nitrogens with zero attached hydrogens (tertiary/aromatic N) is 1. The Morgan fingerprint density at radius 3 is 2.68 bits per heavy atom. The number of hydrogen-bond acceptors (Lipinski definition) is 5. The van der Waals surface area contributed by atoms with Gasteiger partial charge in [-0.3, -0.25) is 14.5 Å². The van der Waals surface area contributed by atoms with Crippen molar-refractivity contribution in [1.29, 1.82) is 0 Å². The second-order valence-corrected chi connectivity index (χ2v) is 11.0. The standard InChI is InChI=1S/C32H42N2O4/c1-3-20-34-21-19-31(27-14-10-15-29(36)22-27)23-28(17-18-32(31,24-34)38-25(2)35)33-30(37)16-9-5-8-13-26-11-6-4-7-12-26/h3-4,6-7,10-12,14-15,22,28,36H,1,5,8-9,13,16-21,23-24H2,2H3,(H,33,37)/t28-,31-,32-/m0/s1. The van der Waals surface area contributed by atoms with E-state index in [2.05, 4.69) is 41.1 Å². The van der Waals surface area contributed by atoms with Crippen molar-refractivity contribution in [2.24, 2.45) is 0 Å². The number of benzene rings is 2. The topological polar surface area (TPSA) is 78.9 Å². The molecule has 2 aromatic carbocycles. The zero-order valence-electron chi connectivity index (χ0n) is 22.7. The molecular weight excluding hydrogens is 476 g/mol. The largest absolute Gasteiger partial charge is 0.508 e. The molecule has 6 heteroatoms. The van der Waals surface area contributed by atoms with Crippen LogP contribution in [0.5, 0.6) is 5.75 Å². The van der Waals surface area contributed by atoms with E-state index >= 15 is 0 Å². The number of nitrogens with one attached hydrogen (secondary N) is 1. The number of likely N-dealkylation sites (tertiary alicyclic amines) is 1. The summed E-state index contributed by atoms with van der Waals surface area (Å²) < 4.78 is 6.23. The number of carbonyl (C=O) groups is 2. The number of amides is 1. The first-order valence-electron chi connectivity index (χ1n) is 14.0. The van der Waals surface area contributed by atoms with Crippen molar-refractivity contribution in [3.63, 3.8) is 0 Å². The molecule has 0 aromatic heterocycles. The minimum absolute atomic E-state index is 0.0104. The van der Waals surface area contributed by atoms with Gasteiger partial charge >= 0.3 is 5.97 Å². The average molecular weight is 519 g/mol. The lowest BCUT2D eigenvalue weighted by Crippen LogP contribution is -2.68. The van der Waals surface area contributed by atoms with Crippen molar-refractivity contribution in [2.75, 3.05) is 19.6 Å². The number of esters is 1. The fourth-order valence-corrected chi connectivity index (χ4v) is 6.69. The summed E-state index contributed by atoms with van der Waals surface area (Å²) in [5.74, 6) is -0.0124. The molecule has 0 unspecified atom stereocenters. The third-order valence-electron chi connectivity index (χ3n) is 8.40. The number of unbranched alkanes of at least 4 members (excludes halogenated alkanes) is 2. The molecule has 2 N–H and O–H groups in total. The van der Waals surface area contributed by atoms with Gasteiger partial charge in [0.25, 0.3) is 0 Å². The van der Waals surface area contributed by atoms with E-state index in [-0.39, 0.29) is 23.7 Å². The number of rotatable bonds is 11. The van der Waals surface area contributed by atoms with Gasteiger partial charge in [-0.1, -0.05) is 55.0 Å². The van der Waals surface area contributed by atoms with Crippen molar-refractivity contribution in [3.05, 3.63) is 78.4 Å². The molecule has 1 amide bonds. The van der Waals surface area contributed by atoms with E-state index < -0.39 is 11.0 Å². The van der Waals surface area contributed by atoms with E-state index in [1.807, 2.05) is 24.3 Å². The van der Waals surface area contributed by atoms with Crippen LogP contribution in [0.1, 0.15) is 69.4 Å². The number of carbonyl (C=O) groups excluding carboxylic acids is 2. The van der Waals surface area contributed by atoms with Gasteiger partial charge in [-0.05, 0) is 74.8 Å². The Labute approximate surface area is 227 Å². The molecule has 2 aromatic rings. The molecule has 3 atom stereocenters. The van der Waals surface area contributed by atoms with Crippen LogP contribution < -0.4 is 5.32 Å². The van der Waals surface area contributed by atoms with Gasteiger partial charge in [0, 0.05) is 37.9 Å². The number of phenolic OH excluding ortho intramolecular Hbond substituents is 1. The van der Waals surface area contributed by atoms with Crippen molar-refractivity contribution in [1.82, 2.24) is 10.2 Å². The summed E-state index contributed by atoms with van der Waals surface area (Å²) in [5, 5.41) is 13.7. The van der Waals surface area contributed by atoms with Crippen LogP contribution in [-0.4, -0.2) is 53.2 Å². The first kappa shape index (κ1) is 27.9. The van der Waals surface area contributed by atoms with E-state index in [1.54, 1.807) is 12.1 Å². The SMILES string of the molecule is C=CCN1CC[C@@]2(c3cccc(O)c3)C[C@@H](NC(=O)CCCCCc3ccccc3)CC[C@]2(OC(C)=O)C1. The monoisotopic (exact) mass is 518 g/mol. The molecule has 0 bridgehead atoms. The maximum absolute atomic E-state index is 12.9. The molecule has 2 aliphatic rings. The lowest BCUT2D eigenvalue weighted by molar-refractivity contribution is -0.186. The van der Waals surface area contributed by atoms with Crippen LogP contribution in [-0.2, 0) is 26.2 Å². The van der Waals surface area contributed by atoms with Gasteiger partial charge < -0.3 is 15.2 Å². The smallest absolute Gasteiger partial charge is 0.303 e. The number of piperidine rings is 1. The Morgan fingerprint density at radius 1 is 1.13 bits per heavy atom. The van der Waals surface area contributed by atoms with Crippen molar-refractivity contribution in [3.8, 4) is 5.75 Å². The predicted octanol–water partition coefficient (Wildman–Crippen LogP) is 5.30. The van der Waals surface area contributed by atoms with E-state index in [4.69, 9.17) is 4.74 Å². The van der Waals surface area contributed by atoms with Crippen LogP contribution in [0.2, 0.25) is 0 Å². The molecule has 0 spiro atoms. The summed E-state index contributed by atoms with van der Waals surface area (Å²) in [5.41, 5.74) is 1.08. The molecule has 1 aliphatic carbocycles. The third-order valence-corrected chi connectivity index (χ3v) is 8.40. The predicted molar refractivity (Wildman–Crippen MR) is 150 cm³/mol.